The second-order valence-corrected chi connectivity index (χ2v) is 9.52. The number of carbonyl (C=O) groups is 1. The third-order valence-corrected chi connectivity index (χ3v) is 7.35. The van der Waals surface area contributed by atoms with Crippen LogP contribution in [-0.2, 0) is 27.8 Å². The highest BCUT2D eigenvalue weighted by atomic mass is 32.2. The predicted molar refractivity (Wildman–Crippen MR) is 114 cm³/mol. The summed E-state index contributed by atoms with van der Waals surface area (Å²) in [5.74, 6) is -0.502. The Kier molecular flexibility index (Phi) is 4.79. The largest absolute Gasteiger partial charge is 0.494 e. The molecule has 1 amide bonds. The van der Waals surface area contributed by atoms with Crippen LogP contribution in [0.4, 0.5) is 0 Å². The number of amides is 1. The summed E-state index contributed by atoms with van der Waals surface area (Å²) in [5.41, 5.74) is 2.56. The highest BCUT2D eigenvalue weighted by molar-refractivity contribution is 7.89. The zero-order valence-corrected chi connectivity index (χ0v) is 18.1. The van der Waals surface area contributed by atoms with Gasteiger partial charge in [-0.1, -0.05) is 25.1 Å². The van der Waals surface area contributed by atoms with Gasteiger partial charge in [-0.3, -0.25) is 4.79 Å². The third-order valence-electron chi connectivity index (χ3n) is 5.54. The van der Waals surface area contributed by atoms with E-state index >= 15 is 0 Å². The van der Waals surface area contributed by atoms with Crippen LogP contribution < -0.4 is 10.6 Å². The molecular weight excluding hydrogens is 402 g/mol. The Morgan fingerprint density at radius 1 is 1.13 bits per heavy atom. The highest BCUT2D eigenvalue weighted by Gasteiger charge is 2.28. The average molecular weight is 426 g/mol. The van der Waals surface area contributed by atoms with E-state index in [4.69, 9.17) is 0 Å². The van der Waals surface area contributed by atoms with Crippen LogP contribution in [0.5, 0.6) is 5.88 Å². The molecule has 2 aromatic carbocycles. The molecule has 0 atom stereocenters. The summed E-state index contributed by atoms with van der Waals surface area (Å²) < 4.78 is 28.1. The maximum Gasteiger partial charge on any atom is 0.279 e. The van der Waals surface area contributed by atoms with Gasteiger partial charge in [0.05, 0.1) is 26.9 Å². The van der Waals surface area contributed by atoms with E-state index in [2.05, 4.69) is 4.99 Å². The second-order valence-electron chi connectivity index (χ2n) is 7.37. The first kappa shape index (κ1) is 20.3. The standard InChI is InChI=1S/C22H23N3O4S/c1-5-13-8-7-9-15-19(22(27)25(6-2)20(13)15)18-16-12-14(30(28,29)24(3)4)10-11-17(16)23-21(18)26/h7-12,27H,5-6H2,1-4H3. The van der Waals surface area contributed by atoms with Crippen LogP contribution in [0, 0.1) is 0 Å². The summed E-state index contributed by atoms with van der Waals surface area (Å²) in [6.45, 7) is 4.49. The summed E-state index contributed by atoms with van der Waals surface area (Å²) in [6.07, 6.45) is 0.774. The summed E-state index contributed by atoms with van der Waals surface area (Å²) in [7, 11) is -0.777. The summed E-state index contributed by atoms with van der Waals surface area (Å²) in [6, 6.07) is 10.2. The smallest absolute Gasteiger partial charge is 0.279 e. The number of aromatic nitrogens is 1. The van der Waals surface area contributed by atoms with Crippen LogP contribution in [0.25, 0.3) is 16.5 Å². The molecule has 0 saturated carbocycles. The lowest BCUT2D eigenvalue weighted by molar-refractivity contribution is -0.112. The number of rotatable bonds is 5. The second kappa shape index (κ2) is 7.07. The Hall–Kier alpha value is -2.97. The van der Waals surface area contributed by atoms with Crippen molar-refractivity contribution in [3.05, 3.63) is 58.1 Å². The van der Waals surface area contributed by atoms with E-state index in [1.807, 2.05) is 32.0 Å². The van der Waals surface area contributed by atoms with E-state index in [9.17, 15) is 18.3 Å². The minimum atomic E-state index is -3.68. The van der Waals surface area contributed by atoms with Crippen molar-refractivity contribution in [3.63, 3.8) is 0 Å². The van der Waals surface area contributed by atoms with Crippen LogP contribution in [0.2, 0.25) is 0 Å². The first-order chi connectivity index (χ1) is 14.2. The molecule has 0 fully saturated rings. The van der Waals surface area contributed by atoms with Crippen molar-refractivity contribution >= 4 is 32.4 Å². The zero-order chi connectivity index (χ0) is 21.8. The topological polar surface area (TPSA) is 92.0 Å². The number of nitrogens with zero attached hydrogens (tertiary/aromatic N) is 3. The Bertz CT molecular complexity index is 1430. The van der Waals surface area contributed by atoms with E-state index < -0.39 is 15.9 Å². The van der Waals surface area contributed by atoms with Crippen molar-refractivity contribution < 1.29 is 18.3 Å². The molecule has 1 aliphatic heterocycles. The van der Waals surface area contributed by atoms with Crippen molar-refractivity contribution in [3.8, 4) is 5.88 Å². The summed E-state index contributed by atoms with van der Waals surface area (Å²) >= 11 is 0. The quantitative estimate of drug-likeness (QED) is 0.671. The number of carbonyl (C=O) groups excluding carboxylic acids is 1. The van der Waals surface area contributed by atoms with Gasteiger partial charge in [-0.05, 0) is 37.1 Å². The molecule has 0 radical (unpaired) electrons. The number of para-hydroxylation sites is 1. The van der Waals surface area contributed by atoms with Gasteiger partial charge < -0.3 is 9.67 Å². The molecule has 156 valence electrons. The number of aromatic hydroxyl groups is 1. The maximum atomic E-state index is 12.9. The van der Waals surface area contributed by atoms with Gasteiger partial charge in [0.1, 0.15) is 0 Å². The van der Waals surface area contributed by atoms with Crippen LogP contribution in [0.3, 0.4) is 0 Å². The molecule has 8 heteroatoms. The van der Waals surface area contributed by atoms with Gasteiger partial charge in [0.2, 0.25) is 10.0 Å². The van der Waals surface area contributed by atoms with E-state index in [1.54, 1.807) is 4.57 Å². The predicted octanol–water partition coefficient (Wildman–Crippen LogP) is 1.54. The minimum absolute atomic E-state index is 0.0133. The van der Waals surface area contributed by atoms with Crippen LogP contribution in [-0.4, -0.2) is 42.4 Å². The molecule has 0 spiro atoms. The molecule has 1 aliphatic rings. The molecule has 0 unspecified atom stereocenters. The molecule has 0 aliphatic carbocycles. The van der Waals surface area contributed by atoms with Crippen molar-refractivity contribution in [1.29, 1.82) is 0 Å². The van der Waals surface area contributed by atoms with E-state index in [0.717, 1.165) is 27.2 Å². The van der Waals surface area contributed by atoms with Crippen LogP contribution in [0.1, 0.15) is 25.0 Å². The fourth-order valence-corrected chi connectivity index (χ4v) is 4.95. The minimum Gasteiger partial charge on any atom is -0.494 e. The van der Waals surface area contributed by atoms with Gasteiger partial charge in [0.15, 0.2) is 5.88 Å². The monoisotopic (exact) mass is 425 g/mol. The number of hydrogen-bond donors (Lipinski definition) is 1. The lowest BCUT2D eigenvalue weighted by atomic mass is 10.00. The van der Waals surface area contributed by atoms with Crippen LogP contribution in [0.15, 0.2) is 46.3 Å². The summed E-state index contributed by atoms with van der Waals surface area (Å²) in [4.78, 5) is 17.1. The fraction of sp³-hybridized carbons (Fsp3) is 0.273. The van der Waals surface area contributed by atoms with Crippen molar-refractivity contribution in [1.82, 2.24) is 8.87 Å². The molecule has 1 aromatic heterocycles. The molecule has 3 aromatic rings. The number of benzene rings is 2. The van der Waals surface area contributed by atoms with Crippen LogP contribution >= 0.6 is 0 Å². The zero-order valence-electron chi connectivity index (χ0n) is 17.3. The number of aryl methyl sites for hydroxylation is 2. The normalized spacial score (nSPS) is 13.9. The Morgan fingerprint density at radius 3 is 2.50 bits per heavy atom. The number of fused-ring (bicyclic) bond motifs is 2. The SMILES string of the molecule is CCc1cccc2c(C3=c4cc(S(=O)(=O)N(C)C)ccc4=NC3=O)c(O)n(CC)c12. The average Bonchev–Trinajstić information content (AvgIpc) is 3.18. The molecule has 1 N–H and O–H groups in total. The fourth-order valence-electron chi connectivity index (χ4n) is 4.02. The lowest BCUT2D eigenvalue weighted by Crippen LogP contribution is -2.28. The number of hydrogen-bond acceptors (Lipinski definition) is 4. The first-order valence-electron chi connectivity index (χ1n) is 9.75. The van der Waals surface area contributed by atoms with Gasteiger partial charge in [-0.2, -0.15) is 0 Å². The van der Waals surface area contributed by atoms with E-state index in [0.29, 0.717) is 22.7 Å². The van der Waals surface area contributed by atoms with Gasteiger partial charge in [-0.25, -0.2) is 17.7 Å². The lowest BCUT2D eigenvalue weighted by Gasteiger charge is -2.11. The third kappa shape index (κ3) is 2.79. The van der Waals surface area contributed by atoms with Gasteiger partial charge in [0, 0.05) is 31.2 Å². The Morgan fingerprint density at radius 2 is 1.87 bits per heavy atom. The summed E-state index contributed by atoms with van der Waals surface area (Å²) in [5, 5.41) is 12.6. The van der Waals surface area contributed by atoms with Crippen molar-refractivity contribution in [2.75, 3.05) is 14.1 Å². The van der Waals surface area contributed by atoms with E-state index in [-0.39, 0.29) is 16.3 Å². The van der Waals surface area contributed by atoms with Gasteiger partial charge in [0.25, 0.3) is 5.91 Å². The maximum absolute atomic E-state index is 12.9. The Labute approximate surface area is 174 Å². The Balaban J connectivity index is 2.15. The molecular formula is C22H23N3O4S. The van der Waals surface area contributed by atoms with E-state index in [1.165, 1.54) is 32.3 Å². The molecule has 0 bridgehead atoms. The molecule has 4 rings (SSSR count). The highest BCUT2D eigenvalue weighted by Crippen LogP contribution is 2.38. The van der Waals surface area contributed by atoms with Crippen molar-refractivity contribution in [2.45, 2.75) is 31.7 Å². The molecule has 0 saturated heterocycles. The molecule has 30 heavy (non-hydrogen) atoms. The van der Waals surface area contributed by atoms with Gasteiger partial charge >= 0.3 is 0 Å². The molecule has 7 nitrogen and oxygen atoms in total. The molecule has 2 heterocycles. The van der Waals surface area contributed by atoms with Gasteiger partial charge in [-0.15, -0.1) is 0 Å². The number of sulfonamides is 1. The first-order valence-corrected chi connectivity index (χ1v) is 11.2. The van der Waals surface area contributed by atoms with Crippen molar-refractivity contribution in [2.24, 2.45) is 4.99 Å².